The predicted molar refractivity (Wildman–Crippen MR) is 65.3 cm³/mol. The summed E-state index contributed by atoms with van der Waals surface area (Å²) in [5.41, 5.74) is 6.75. The van der Waals surface area contributed by atoms with Gasteiger partial charge in [0.2, 0.25) is 0 Å². The van der Waals surface area contributed by atoms with Crippen LogP contribution in [-0.2, 0) is 0 Å². The molecule has 13 heavy (non-hydrogen) atoms. The lowest BCUT2D eigenvalue weighted by atomic mass is 10.2. The highest BCUT2D eigenvalue weighted by Crippen LogP contribution is 2.37. The molecular formula is C9H9NS3. The van der Waals surface area contributed by atoms with Crippen LogP contribution < -0.4 is 5.73 Å². The molecule has 2 aromatic rings. The zero-order valence-corrected chi connectivity index (χ0v) is 9.60. The normalized spacial score (nSPS) is 10.9. The molecule has 0 saturated carbocycles. The van der Waals surface area contributed by atoms with Crippen molar-refractivity contribution >= 4 is 51.5 Å². The second kappa shape index (κ2) is 3.44. The lowest BCUT2D eigenvalue weighted by Gasteiger charge is -2.05. The standard InChI is InChI=1S/C9H9NS3/c1-12-7-4-6(10)5-2-3-13-9(5)8(7)11/h2-4,11H,10H2,1H3. The number of anilines is 1. The minimum Gasteiger partial charge on any atom is -0.398 e. The fourth-order valence-electron chi connectivity index (χ4n) is 1.27. The van der Waals surface area contributed by atoms with Crippen LogP contribution in [0.4, 0.5) is 5.69 Å². The largest absolute Gasteiger partial charge is 0.398 e. The molecular weight excluding hydrogens is 218 g/mol. The Kier molecular flexibility index (Phi) is 2.45. The van der Waals surface area contributed by atoms with Gasteiger partial charge in [-0.3, -0.25) is 0 Å². The predicted octanol–water partition coefficient (Wildman–Crippen LogP) is 3.49. The molecule has 4 heteroatoms. The SMILES string of the molecule is CSc1cc(N)c2ccsc2c1S. The van der Waals surface area contributed by atoms with Crippen LogP contribution in [0.2, 0.25) is 0 Å². The minimum atomic E-state index is 0.846. The molecule has 0 amide bonds. The number of benzene rings is 1. The second-order valence-corrected chi connectivity index (χ2v) is 4.89. The molecule has 1 nitrogen and oxygen atoms in total. The fraction of sp³-hybridized carbons (Fsp3) is 0.111. The molecule has 0 radical (unpaired) electrons. The van der Waals surface area contributed by atoms with Crippen molar-refractivity contribution in [3.05, 3.63) is 17.5 Å². The molecule has 0 fully saturated rings. The van der Waals surface area contributed by atoms with Gasteiger partial charge in [0, 0.05) is 20.9 Å². The number of thiophene rings is 1. The van der Waals surface area contributed by atoms with Gasteiger partial charge in [-0.1, -0.05) is 0 Å². The first-order chi connectivity index (χ1) is 6.24. The summed E-state index contributed by atoms with van der Waals surface area (Å²) in [6, 6.07) is 4.03. The highest BCUT2D eigenvalue weighted by atomic mass is 32.2. The zero-order valence-electron chi connectivity index (χ0n) is 7.07. The maximum atomic E-state index is 5.91. The van der Waals surface area contributed by atoms with Crippen molar-refractivity contribution in [1.82, 2.24) is 0 Å². The Bertz CT molecular complexity index is 447. The average Bonchev–Trinajstić information content (AvgIpc) is 2.60. The van der Waals surface area contributed by atoms with Crippen LogP contribution in [0.1, 0.15) is 0 Å². The first-order valence-electron chi connectivity index (χ1n) is 3.76. The van der Waals surface area contributed by atoms with Gasteiger partial charge in [0.05, 0.1) is 4.70 Å². The molecule has 2 rings (SSSR count). The summed E-state index contributed by atoms with van der Waals surface area (Å²) in [6.45, 7) is 0. The summed E-state index contributed by atoms with van der Waals surface area (Å²) >= 11 is 7.86. The number of fused-ring (bicyclic) bond motifs is 1. The van der Waals surface area contributed by atoms with Gasteiger partial charge in [-0.25, -0.2) is 0 Å². The lowest BCUT2D eigenvalue weighted by Crippen LogP contribution is -1.86. The number of rotatable bonds is 1. The van der Waals surface area contributed by atoms with Crippen molar-refractivity contribution in [2.75, 3.05) is 12.0 Å². The monoisotopic (exact) mass is 227 g/mol. The summed E-state index contributed by atoms with van der Waals surface area (Å²) in [5, 5.41) is 3.16. The topological polar surface area (TPSA) is 26.0 Å². The molecule has 0 bridgehead atoms. The third kappa shape index (κ3) is 1.43. The van der Waals surface area contributed by atoms with Gasteiger partial charge in [-0.05, 0) is 23.8 Å². The average molecular weight is 227 g/mol. The van der Waals surface area contributed by atoms with E-state index >= 15 is 0 Å². The van der Waals surface area contributed by atoms with Crippen LogP contribution in [-0.4, -0.2) is 6.26 Å². The van der Waals surface area contributed by atoms with Gasteiger partial charge in [0.15, 0.2) is 0 Å². The molecule has 0 spiro atoms. The highest BCUT2D eigenvalue weighted by Gasteiger charge is 2.07. The van der Waals surface area contributed by atoms with E-state index in [4.69, 9.17) is 5.73 Å². The minimum absolute atomic E-state index is 0.846. The molecule has 0 aliphatic carbocycles. The number of thioether (sulfide) groups is 1. The van der Waals surface area contributed by atoms with E-state index in [2.05, 4.69) is 12.6 Å². The number of hydrogen-bond acceptors (Lipinski definition) is 4. The Morgan fingerprint density at radius 1 is 1.54 bits per heavy atom. The van der Waals surface area contributed by atoms with Gasteiger partial charge in [-0.2, -0.15) is 0 Å². The fourth-order valence-corrected chi connectivity index (χ4v) is 3.37. The van der Waals surface area contributed by atoms with E-state index in [-0.39, 0.29) is 0 Å². The summed E-state index contributed by atoms with van der Waals surface area (Å²) in [4.78, 5) is 2.20. The smallest absolute Gasteiger partial charge is 0.0508 e. The number of nitrogens with two attached hydrogens (primary N) is 1. The Labute approximate surface area is 90.7 Å². The Hall–Kier alpha value is -0.320. The summed E-state index contributed by atoms with van der Waals surface area (Å²) in [7, 11) is 0. The van der Waals surface area contributed by atoms with Gasteiger partial charge in [0.25, 0.3) is 0 Å². The molecule has 0 saturated heterocycles. The number of nitrogen functional groups attached to an aromatic ring is 1. The van der Waals surface area contributed by atoms with Crippen molar-refractivity contribution in [2.45, 2.75) is 9.79 Å². The third-order valence-corrected chi connectivity index (χ3v) is 4.39. The van der Waals surface area contributed by atoms with E-state index in [1.807, 2.05) is 23.8 Å². The summed E-state index contributed by atoms with van der Waals surface area (Å²) < 4.78 is 1.19. The Morgan fingerprint density at radius 2 is 2.31 bits per heavy atom. The van der Waals surface area contributed by atoms with Crippen LogP contribution in [0.5, 0.6) is 0 Å². The van der Waals surface area contributed by atoms with Gasteiger partial charge < -0.3 is 5.73 Å². The lowest BCUT2D eigenvalue weighted by molar-refractivity contribution is 1.33. The second-order valence-electron chi connectivity index (χ2n) is 2.68. The highest BCUT2D eigenvalue weighted by molar-refractivity contribution is 7.99. The van der Waals surface area contributed by atoms with Crippen LogP contribution in [0.25, 0.3) is 10.1 Å². The first kappa shape index (κ1) is 9.24. The van der Waals surface area contributed by atoms with Gasteiger partial charge in [0.1, 0.15) is 0 Å². The third-order valence-electron chi connectivity index (χ3n) is 1.93. The van der Waals surface area contributed by atoms with Crippen molar-refractivity contribution < 1.29 is 0 Å². The molecule has 68 valence electrons. The summed E-state index contributed by atoms with van der Waals surface area (Å²) in [6.07, 6.45) is 2.04. The van der Waals surface area contributed by atoms with Gasteiger partial charge >= 0.3 is 0 Å². The molecule has 1 aromatic heterocycles. The van der Waals surface area contributed by atoms with Crippen LogP contribution in [0.15, 0.2) is 27.3 Å². The molecule has 0 atom stereocenters. The Balaban J connectivity index is 2.85. The maximum Gasteiger partial charge on any atom is 0.0508 e. The van der Waals surface area contributed by atoms with Crippen molar-refractivity contribution in [2.24, 2.45) is 0 Å². The number of hydrogen-bond donors (Lipinski definition) is 2. The van der Waals surface area contributed by atoms with Crippen LogP contribution in [0, 0.1) is 0 Å². The summed E-state index contributed by atoms with van der Waals surface area (Å²) in [5.74, 6) is 0. The number of thiol groups is 1. The zero-order chi connectivity index (χ0) is 9.42. The van der Waals surface area contributed by atoms with Crippen molar-refractivity contribution in [3.63, 3.8) is 0 Å². The van der Waals surface area contributed by atoms with E-state index in [0.29, 0.717) is 0 Å². The van der Waals surface area contributed by atoms with E-state index in [1.165, 1.54) is 4.70 Å². The van der Waals surface area contributed by atoms with E-state index in [0.717, 1.165) is 20.9 Å². The van der Waals surface area contributed by atoms with Crippen molar-refractivity contribution in [3.8, 4) is 0 Å². The molecule has 2 N–H and O–H groups in total. The van der Waals surface area contributed by atoms with Crippen molar-refractivity contribution in [1.29, 1.82) is 0 Å². The van der Waals surface area contributed by atoms with E-state index in [1.54, 1.807) is 23.1 Å². The quantitative estimate of drug-likeness (QED) is 0.443. The maximum absolute atomic E-state index is 5.91. The molecule has 1 aromatic carbocycles. The molecule has 0 aliphatic rings. The van der Waals surface area contributed by atoms with E-state index in [9.17, 15) is 0 Å². The Morgan fingerprint density at radius 3 is 3.00 bits per heavy atom. The van der Waals surface area contributed by atoms with E-state index < -0.39 is 0 Å². The molecule has 1 heterocycles. The molecule has 0 unspecified atom stereocenters. The first-order valence-corrected chi connectivity index (χ1v) is 6.32. The molecule has 0 aliphatic heterocycles. The van der Waals surface area contributed by atoms with Gasteiger partial charge in [-0.15, -0.1) is 35.7 Å². The van der Waals surface area contributed by atoms with Crippen LogP contribution >= 0.6 is 35.7 Å². The van der Waals surface area contributed by atoms with Crippen LogP contribution in [0.3, 0.4) is 0 Å².